The number of halogens is 2. The highest BCUT2D eigenvalue weighted by Crippen LogP contribution is 2.28. The van der Waals surface area contributed by atoms with Gasteiger partial charge < -0.3 is 4.74 Å². The Bertz CT molecular complexity index is 458. The van der Waals surface area contributed by atoms with Gasteiger partial charge in [-0.25, -0.2) is 0 Å². The van der Waals surface area contributed by atoms with Crippen LogP contribution in [0.4, 0.5) is 0 Å². The summed E-state index contributed by atoms with van der Waals surface area (Å²) in [5.41, 5.74) is 1.71. The molecule has 0 N–H and O–H groups in total. The molecule has 3 nitrogen and oxygen atoms in total. The third-order valence-electron chi connectivity index (χ3n) is 2.37. The van der Waals surface area contributed by atoms with Crippen LogP contribution in [0.1, 0.15) is 29.8 Å². The van der Waals surface area contributed by atoms with Crippen molar-refractivity contribution in [2.45, 2.75) is 25.1 Å². The fourth-order valence-electron chi connectivity index (χ4n) is 1.47. The Labute approximate surface area is 123 Å². The fourth-order valence-corrected chi connectivity index (χ4v) is 2.29. The first-order valence-electron chi connectivity index (χ1n) is 5.54. The summed E-state index contributed by atoms with van der Waals surface area (Å²) in [5.74, 6) is -0.215. The maximum atomic E-state index is 11.4. The number of ether oxygens (including phenoxy) is 1. The Hall–Kier alpha value is -0.680. The number of Topliss-reactive ketones (excluding diaryl/α,β-unsaturated/α-hetero) is 1. The highest BCUT2D eigenvalue weighted by Gasteiger charge is 2.15. The molecule has 0 aromatic heterocycles. The lowest BCUT2D eigenvalue weighted by atomic mass is 10.1. The van der Waals surface area contributed by atoms with Gasteiger partial charge in [-0.2, -0.15) is 0 Å². The zero-order valence-electron chi connectivity index (χ0n) is 10.2. The fraction of sp³-hybridized carbons (Fsp3) is 0.385. The molecular weight excluding hydrogens is 364 g/mol. The largest absolute Gasteiger partial charge is 0.466 e. The molecule has 0 bridgehead atoms. The van der Waals surface area contributed by atoms with E-state index in [9.17, 15) is 9.59 Å². The molecule has 0 aliphatic heterocycles. The van der Waals surface area contributed by atoms with Crippen molar-refractivity contribution in [2.75, 3.05) is 6.61 Å². The number of alkyl halides is 1. The highest BCUT2D eigenvalue weighted by molar-refractivity contribution is 9.10. The van der Waals surface area contributed by atoms with Crippen molar-refractivity contribution < 1.29 is 14.3 Å². The van der Waals surface area contributed by atoms with Crippen LogP contribution < -0.4 is 0 Å². The van der Waals surface area contributed by atoms with Gasteiger partial charge in [-0.3, -0.25) is 9.59 Å². The van der Waals surface area contributed by atoms with Gasteiger partial charge in [0.05, 0.1) is 17.9 Å². The average molecular weight is 378 g/mol. The van der Waals surface area contributed by atoms with Gasteiger partial charge in [0.2, 0.25) is 0 Å². The molecule has 0 saturated heterocycles. The van der Waals surface area contributed by atoms with Crippen molar-refractivity contribution in [3.63, 3.8) is 0 Å². The van der Waals surface area contributed by atoms with Crippen LogP contribution in [0.2, 0.25) is 0 Å². The molecule has 0 heterocycles. The molecule has 5 heteroatoms. The summed E-state index contributed by atoms with van der Waals surface area (Å²) in [4.78, 5) is 22.3. The van der Waals surface area contributed by atoms with Gasteiger partial charge in [-0.05, 0) is 31.0 Å². The third-order valence-corrected chi connectivity index (χ3v) is 4.28. The van der Waals surface area contributed by atoms with Gasteiger partial charge in [0.25, 0.3) is 0 Å². The quantitative estimate of drug-likeness (QED) is 0.581. The monoisotopic (exact) mass is 376 g/mol. The van der Waals surface area contributed by atoms with Gasteiger partial charge in [0, 0.05) is 4.47 Å². The standard InChI is InChI=1S/C13H14Br2O3/c1-3-18-12(17)7-9-4-5-10(6-11(9)14)13(15)8(2)16/h4-6,13H,3,7H2,1-2H3. The van der Waals surface area contributed by atoms with E-state index in [-0.39, 0.29) is 23.0 Å². The number of benzene rings is 1. The number of hydrogen-bond donors (Lipinski definition) is 0. The number of esters is 1. The Morgan fingerprint density at radius 2 is 2.06 bits per heavy atom. The molecule has 1 aromatic rings. The van der Waals surface area contributed by atoms with Crippen molar-refractivity contribution in [1.82, 2.24) is 0 Å². The van der Waals surface area contributed by atoms with E-state index >= 15 is 0 Å². The predicted octanol–water partition coefficient (Wildman–Crippen LogP) is 3.58. The molecule has 0 amide bonds. The first-order valence-corrected chi connectivity index (χ1v) is 7.25. The number of hydrogen-bond acceptors (Lipinski definition) is 3. The van der Waals surface area contributed by atoms with Gasteiger partial charge in [0.15, 0.2) is 0 Å². The van der Waals surface area contributed by atoms with Gasteiger partial charge >= 0.3 is 5.97 Å². The zero-order valence-corrected chi connectivity index (χ0v) is 13.4. The van der Waals surface area contributed by atoms with Crippen LogP contribution in [0, 0.1) is 0 Å². The van der Waals surface area contributed by atoms with Crippen molar-refractivity contribution in [2.24, 2.45) is 0 Å². The minimum atomic E-state index is -0.314. The second kappa shape index (κ2) is 7.04. The minimum Gasteiger partial charge on any atom is -0.466 e. The van der Waals surface area contributed by atoms with Crippen LogP contribution >= 0.6 is 31.9 Å². The van der Waals surface area contributed by atoms with Gasteiger partial charge in [-0.15, -0.1) is 0 Å². The van der Waals surface area contributed by atoms with Crippen molar-refractivity contribution in [3.8, 4) is 0 Å². The molecule has 1 unspecified atom stereocenters. The number of carbonyl (C=O) groups is 2. The van der Waals surface area contributed by atoms with E-state index in [0.717, 1.165) is 15.6 Å². The number of carbonyl (C=O) groups excluding carboxylic acids is 2. The van der Waals surface area contributed by atoms with Crippen LogP contribution in [0.15, 0.2) is 22.7 Å². The lowest BCUT2D eigenvalue weighted by molar-refractivity contribution is -0.142. The predicted molar refractivity (Wildman–Crippen MR) is 76.8 cm³/mol. The van der Waals surface area contributed by atoms with E-state index in [2.05, 4.69) is 31.9 Å². The molecule has 1 rings (SSSR count). The van der Waals surface area contributed by atoms with Crippen molar-refractivity contribution >= 4 is 43.6 Å². The molecule has 0 saturated carbocycles. The summed E-state index contributed by atoms with van der Waals surface area (Å²) in [5, 5.41) is 0. The molecule has 98 valence electrons. The molecule has 0 aliphatic carbocycles. The van der Waals surface area contributed by atoms with Gasteiger partial charge in [-0.1, -0.05) is 44.0 Å². The first kappa shape index (κ1) is 15.4. The smallest absolute Gasteiger partial charge is 0.310 e. The lowest BCUT2D eigenvalue weighted by Crippen LogP contribution is -2.08. The van der Waals surface area contributed by atoms with E-state index in [1.54, 1.807) is 6.92 Å². The molecule has 1 aromatic carbocycles. The van der Waals surface area contributed by atoms with E-state index in [4.69, 9.17) is 4.74 Å². The third kappa shape index (κ3) is 4.21. The lowest BCUT2D eigenvalue weighted by Gasteiger charge is -2.10. The van der Waals surface area contributed by atoms with Crippen LogP contribution in [0.3, 0.4) is 0 Å². The molecule has 0 fully saturated rings. The number of ketones is 1. The molecule has 0 spiro atoms. The Balaban J connectivity index is 2.86. The van der Waals surface area contributed by atoms with Crippen LogP contribution in [0.5, 0.6) is 0 Å². The molecule has 18 heavy (non-hydrogen) atoms. The van der Waals surface area contributed by atoms with Crippen LogP contribution in [-0.4, -0.2) is 18.4 Å². The van der Waals surface area contributed by atoms with Gasteiger partial charge in [0.1, 0.15) is 5.78 Å². The molecule has 0 aliphatic rings. The van der Waals surface area contributed by atoms with Crippen LogP contribution in [0.25, 0.3) is 0 Å². The Morgan fingerprint density at radius 3 is 2.56 bits per heavy atom. The minimum absolute atomic E-state index is 0.0417. The maximum absolute atomic E-state index is 11.4. The summed E-state index contributed by atoms with van der Waals surface area (Å²) < 4.78 is 5.70. The Kier molecular flexibility index (Phi) is 6.02. The van der Waals surface area contributed by atoms with Crippen molar-refractivity contribution in [1.29, 1.82) is 0 Å². The normalized spacial score (nSPS) is 12.0. The van der Waals surface area contributed by atoms with E-state index in [0.29, 0.717) is 6.61 Å². The zero-order chi connectivity index (χ0) is 13.7. The van der Waals surface area contributed by atoms with E-state index < -0.39 is 0 Å². The average Bonchev–Trinajstić information content (AvgIpc) is 2.31. The summed E-state index contributed by atoms with van der Waals surface area (Å²) in [6.45, 7) is 3.68. The van der Waals surface area contributed by atoms with E-state index in [1.807, 2.05) is 18.2 Å². The molecule has 1 atom stereocenters. The molecule has 0 radical (unpaired) electrons. The maximum Gasteiger partial charge on any atom is 0.310 e. The summed E-state index contributed by atoms with van der Waals surface area (Å²) >= 11 is 6.73. The van der Waals surface area contributed by atoms with E-state index in [1.165, 1.54) is 6.92 Å². The second-order valence-electron chi connectivity index (χ2n) is 3.81. The Morgan fingerprint density at radius 1 is 1.39 bits per heavy atom. The topological polar surface area (TPSA) is 43.4 Å². The molecular formula is C13H14Br2O3. The number of rotatable bonds is 5. The highest BCUT2D eigenvalue weighted by atomic mass is 79.9. The second-order valence-corrected chi connectivity index (χ2v) is 5.58. The van der Waals surface area contributed by atoms with Crippen LogP contribution in [-0.2, 0) is 20.7 Å². The summed E-state index contributed by atoms with van der Waals surface area (Å²) in [7, 11) is 0. The van der Waals surface area contributed by atoms with Crippen molar-refractivity contribution in [3.05, 3.63) is 33.8 Å². The SMILES string of the molecule is CCOC(=O)Cc1ccc(C(Br)C(C)=O)cc1Br. The first-order chi connectivity index (χ1) is 8.45. The summed E-state index contributed by atoms with van der Waals surface area (Å²) in [6.07, 6.45) is 0.224. The summed E-state index contributed by atoms with van der Waals surface area (Å²) in [6, 6.07) is 5.50.